The number of aromatic amines is 1. The molecule has 5 aromatic rings. The van der Waals surface area contributed by atoms with E-state index < -0.39 is 11.5 Å². The van der Waals surface area contributed by atoms with Crippen LogP contribution in [0.15, 0.2) is 90.0 Å². The normalized spacial score (nSPS) is 10.9. The van der Waals surface area contributed by atoms with E-state index in [1.54, 1.807) is 31.6 Å². The first-order valence-electron chi connectivity index (χ1n) is 10.1. The van der Waals surface area contributed by atoms with Crippen molar-refractivity contribution in [2.24, 2.45) is 7.05 Å². The van der Waals surface area contributed by atoms with Crippen molar-refractivity contribution >= 4 is 22.6 Å². The lowest BCUT2D eigenvalue weighted by Crippen LogP contribution is -2.31. The number of carbonyl (C=O) groups is 1. The molecule has 0 saturated carbocycles. The number of amides is 1. The molecule has 0 fully saturated rings. The molecule has 7 nitrogen and oxygen atoms in total. The third kappa shape index (κ3) is 3.45. The van der Waals surface area contributed by atoms with Crippen molar-refractivity contribution in [3.05, 3.63) is 101 Å². The summed E-state index contributed by atoms with van der Waals surface area (Å²) in [5.41, 5.74) is 4.33. The molecule has 0 spiro atoms. The minimum Gasteiger partial charge on any atom is -0.345 e. The smallest absolute Gasteiger partial charge is 0.280 e. The van der Waals surface area contributed by atoms with Gasteiger partial charge in [-0.2, -0.15) is 5.10 Å². The SMILES string of the molecule is Cn1nc(-c2ccccc2)c(-c2ccccc2)c(C(=O)Nc2ccc3nc[nH]c3c2)c1=O. The zero-order chi connectivity index (χ0) is 22.1. The Balaban J connectivity index is 1.70. The van der Waals surface area contributed by atoms with Crippen molar-refractivity contribution < 1.29 is 4.79 Å². The van der Waals surface area contributed by atoms with Gasteiger partial charge in [0.25, 0.3) is 11.5 Å². The van der Waals surface area contributed by atoms with Gasteiger partial charge in [0.1, 0.15) is 5.56 Å². The summed E-state index contributed by atoms with van der Waals surface area (Å²) < 4.78 is 1.21. The Morgan fingerprint density at radius 2 is 1.62 bits per heavy atom. The van der Waals surface area contributed by atoms with Gasteiger partial charge < -0.3 is 10.3 Å². The molecule has 0 atom stereocenters. The second kappa shape index (κ2) is 7.96. The van der Waals surface area contributed by atoms with E-state index >= 15 is 0 Å². The summed E-state index contributed by atoms with van der Waals surface area (Å²) in [5.74, 6) is -0.497. The van der Waals surface area contributed by atoms with E-state index in [1.165, 1.54) is 4.68 Å². The van der Waals surface area contributed by atoms with Crippen molar-refractivity contribution in [2.75, 3.05) is 5.32 Å². The van der Waals surface area contributed by atoms with E-state index in [-0.39, 0.29) is 5.56 Å². The predicted molar refractivity (Wildman–Crippen MR) is 124 cm³/mol. The van der Waals surface area contributed by atoms with Gasteiger partial charge in [0.2, 0.25) is 0 Å². The Hall–Kier alpha value is -4.52. The number of anilines is 1. The fourth-order valence-electron chi connectivity index (χ4n) is 3.73. The Labute approximate surface area is 183 Å². The first kappa shape index (κ1) is 19.4. The lowest BCUT2D eigenvalue weighted by Gasteiger charge is -2.16. The van der Waals surface area contributed by atoms with Gasteiger partial charge in [0.15, 0.2) is 0 Å². The van der Waals surface area contributed by atoms with Gasteiger partial charge in [0, 0.05) is 23.9 Å². The quantitative estimate of drug-likeness (QED) is 0.454. The summed E-state index contributed by atoms with van der Waals surface area (Å²) in [4.78, 5) is 33.8. The summed E-state index contributed by atoms with van der Waals surface area (Å²) >= 11 is 0. The van der Waals surface area contributed by atoms with E-state index in [0.717, 1.165) is 22.2 Å². The highest BCUT2D eigenvalue weighted by Gasteiger charge is 2.24. The monoisotopic (exact) mass is 421 g/mol. The van der Waals surface area contributed by atoms with Crippen molar-refractivity contribution in [3.8, 4) is 22.4 Å². The summed E-state index contributed by atoms with van der Waals surface area (Å²) in [6.07, 6.45) is 1.59. The van der Waals surface area contributed by atoms with Crippen LogP contribution in [0.3, 0.4) is 0 Å². The molecule has 0 unspecified atom stereocenters. The first-order chi connectivity index (χ1) is 15.6. The maximum atomic E-state index is 13.5. The molecule has 0 bridgehead atoms. The van der Waals surface area contributed by atoms with Gasteiger partial charge in [-0.3, -0.25) is 9.59 Å². The molecule has 3 aromatic carbocycles. The van der Waals surface area contributed by atoms with Crippen molar-refractivity contribution in [1.82, 2.24) is 19.7 Å². The van der Waals surface area contributed by atoms with Crippen molar-refractivity contribution in [3.63, 3.8) is 0 Å². The minimum atomic E-state index is -0.497. The summed E-state index contributed by atoms with van der Waals surface area (Å²) in [5, 5.41) is 7.38. The Kier molecular flexibility index (Phi) is 4.84. The first-order valence-corrected chi connectivity index (χ1v) is 10.1. The number of benzene rings is 3. The third-order valence-electron chi connectivity index (χ3n) is 5.26. The molecule has 0 aliphatic heterocycles. The van der Waals surface area contributed by atoms with Gasteiger partial charge in [0.05, 0.1) is 23.1 Å². The maximum absolute atomic E-state index is 13.5. The number of carbonyl (C=O) groups excluding carboxylic acids is 1. The summed E-state index contributed by atoms with van der Waals surface area (Å²) in [6.45, 7) is 0. The second-order valence-corrected chi connectivity index (χ2v) is 7.35. The van der Waals surface area contributed by atoms with Crippen LogP contribution in [0.1, 0.15) is 10.4 Å². The van der Waals surface area contributed by atoms with E-state index in [4.69, 9.17) is 0 Å². The zero-order valence-corrected chi connectivity index (χ0v) is 17.2. The highest BCUT2D eigenvalue weighted by atomic mass is 16.2. The zero-order valence-electron chi connectivity index (χ0n) is 17.2. The van der Waals surface area contributed by atoms with E-state index in [9.17, 15) is 9.59 Å². The van der Waals surface area contributed by atoms with Crippen LogP contribution in [0.4, 0.5) is 5.69 Å². The van der Waals surface area contributed by atoms with Crippen LogP contribution in [0.5, 0.6) is 0 Å². The molecule has 7 heteroatoms. The third-order valence-corrected chi connectivity index (χ3v) is 5.26. The minimum absolute atomic E-state index is 0.0391. The predicted octanol–water partition coefficient (Wildman–Crippen LogP) is 4.24. The van der Waals surface area contributed by atoms with E-state index in [0.29, 0.717) is 16.9 Å². The van der Waals surface area contributed by atoms with Gasteiger partial charge >= 0.3 is 0 Å². The molecule has 2 aromatic heterocycles. The van der Waals surface area contributed by atoms with Crippen LogP contribution >= 0.6 is 0 Å². The molecule has 0 radical (unpaired) electrons. The number of fused-ring (bicyclic) bond motifs is 1. The molecule has 5 rings (SSSR count). The lowest BCUT2D eigenvalue weighted by atomic mass is 9.95. The van der Waals surface area contributed by atoms with E-state index in [1.807, 2.05) is 60.7 Å². The fourth-order valence-corrected chi connectivity index (χ4v) is 3.73. The molecule has 1 amide bonds. The molecule has 2 heterocycles. The number of imidazole rings is 1. The van der Waals surface area contributed by atoms with Gasteiger partial charge in [-0.15, -0.1) is 0 Å². The van der Waals surface area contributed by atoms with E-state index in [2.05, 4.69) is 20.4 Å². The molecule has 0 aliphatic rings. The van der Waals surface area contributed by atoms with Crippen LogP contribution in [-0.2, 0) is 7.05 Å². The Morgan fingerprint density at radius 1 is 0.938 bits per heavy atom. The average molecular weight is 421 g/mol. The average Bonchev–Trinajstić information content (AvgIpc) is 3.29. The van der Waals surface area contributed by atoms with Gasteiger partial charge in [-0.05, 0) is 23.8 Å². The van der Waals surface area contributed by atoms with Gasteiger partial charge in [-0.1, -0.05) is 60.7 Å². The molecule has 156 valence electrons. The number of rotatable bonds is 4. The molecule has 0 aliphatic carbocycles. The Bertz CT molecular complexity index is 1490. The molecule has 0 saturated heterocycles. The molecular formula is C25H19N5O2. The highest BCUT2D eigenvalue weighted by molar-refractivity contribution is 6.10. The molecule has 2 N–H and O–H groups in total. The topological polar surface area (TPSA) is 92.7 Å². The Morgan fingerprint density at radius 3 is 2.34 bits per heavy atom. The second-order valence-electron chi connectivity index (χ2n) is 7.35. The maximum Gasteiger partial charge on any atom is 0.280 e. The molecular weight excluding hydrogens is 402 g/mol. The van der Waals surface area contributed by atoms with Crippen LogP contribution in [-0.4, -0.2) is 25.7 Å². The van der Waals surface area contributed by atoms with Gasteiger partial charge in [-0.25, -0.2) is 9.67 Å². The number of aromatic nitrogens is 4. The largest absolute Gasteiger partial charge is 0.345 e. The lowest BCUT2D eigenvalue weighted by molar-refractivity contribution is 0.102. The van der Waals surface area contributed by atoms with Crippen LogP contribution in [0.25, 0.3) is 33.4 Å². The number of nitrogens with zero attached hydrogens (tertiary/aromatic N) is 3. The van der Waals surface area contributed by atoms with Crippen LogP contribution < -0.4 is 10.9 Å². The number of nitrogens with one attached hydrogen (secondary N) is 2. The highest BCUT2D eigenvalue weighted by Crippen LogP contribution is 2.32. The van der Waals surface area contributed by atoms with Crippen LogP contribution in [0, 0.1) is 0 Å². The number of aryl methyl sites for hydroxylation is 1. The number of H-pyrrole nitrogens is 1. The summed E-state index contributed by atoms with van der Waals surface area (Å²) in [6, 6.07) is 24.2. The molecule has 32 heavy (non-hydrogen) atoms. The number of hydrogen-bond acceptors (Lipinski definition) is 4. The number of hydrogen-bond donors (Lipinski definition) is 2. The fraction of sp³-hybridized carbons (Fsp3) is 0.0400. The summed E-state index contributed by atoms with van der Waals surface area (Å²) in [7, 11) is 1.55. The standard InChI is InChI=1S/C25H19N5O2/c1-30-25(32)22(24(31)28-18-12-13-19-20(14-18)27-15-26-19)21(16-8-4-2-5-9-16)23(29-30)17-10-6-3-7-11-17/h2-15H,1H3,(H,26,27)(H,28,31). The van der Waals surface area contributed by atoms with Crippen LogP contribution in [0.2, 0.25) is 0 Å². The van der Waals surface area contributed by atoms with Crippen molar-refractivity contribution in [2.45, 2.75) is 0 Å². The van der Waals surface area contributed by atoms with Crippen molar-refractivity contribution in [1.29, 1.82) is 0 Å².